The van der Waals surface area contributed by atoms with E-state index >= 15 is 0 Å². The van der Waals surface area contributed by atoms with Crippen LogP contribution in [0.2, 0.25) is 5.02 Å². The Morgan fingerprint density at radius 1 is 1.26 bits per heavy atom. The van der Waals surface area contributed by atoms with Gasteiger partial charge in [-0.15, -0.1) is 0 Å². The van der Waals surface area contributed by atoms with Gasteiger partial charge in [0.25, 0.3) is 0 Å². The molecule has 0 saturated heterocycles. The molecule has 0 radical (unpaired) electrons. The minimum absolute atomic E-state index is 0.326. The zero-order chi connectivity index (χ0) is 13.4. The molecule has 3 rings (SSSR count). The highest BCUT2D eigenvalue weighted by Crippen LogP contribution is 2.31. The summed E-state index contributed by atoms with van der Waals surface area (Å²) in [6.07, 6.45) is 0.543. The maximum Gasteiger partial charge on any atom is 0.341 e. The van der Waals surface area contributed by atoms with Crippen LogP contribution >= 0.6 is 11.6 Å². The number of rotatable bonds is 2. The smallest absolute Gasteiger partial charge is 0.341 e. The third kappa shape index (κ3) is 2.00. The van der Waals surface area contributed by atoms with Gasteiger partial charge < -0.3 is 4.74 Å². The Balaban J connectivity index is 2.01. The Labute approximate surface area is 114 Å². The number of halogens is 1. The molecule has 4 nitrogen and oxygen atoms in total. The summed E-state index contributed by atoms with van der Waals surface area (Å²) in [6.45, 7) is 0. The number of hydrogen-bond acceptors (Lipinski definition) is 4. The number of cyclic esters (lactones) is 1. The monoisotopic (exact) mass is 273 g/mol. The average Bonchev–Trinajstić information content (AvgIpc) is 2.76. The van der Waals surface area contributed by atoms with Gasteiger partial charge in [0.1, 0.15) is 5.69 Å². The van der Waals surface area contributed by atoms with E-state index in [1.807, 2.05) is 0 Å². The SMILES string of the molecule is O=C1OC(C(=O)c2cccc(Cl)c2)c2ncccc21. The van der Waals surface area contributed by atoms with Gasteiger partial charge in [-0.2, -0.15) is 0 Å². The highest BCUT2D eigenvalue weighted by atomic mass is 35.5. The summed E-state index contributed by atoms with van der Waals surface area (Å²) in [4.78, 5) is 28.0. The van der Waals surface area contributed by atoms with Crippen LogP contribution in [-0.4, -0.2) is 16.7 Å². The average molecular weight is 274 g/mol. The van der Waals surface area contributed by atoms with Crippen molar-refractivity contribution in [1.82, 2.24) is 4.98 Å². The first-order valence-electron chi connectivity index (χ1n) is 5.62. The molecular formula is C14H8ClNO3. The van der Waals surface area contributed by atoms with Crippen LogP contribution in [0.1, 0.15) is 32.5 Å². The van der Waals surface area contributed by atoms with Crippen LogP contribution in [0, 0.1) is 0 Å². The Bertz CT molecular complexity index is 684. The van der Waals surface area contributed by atoms with E-state index in [-0.39, 0.29) is 5.78 Å². The molecule has 94 valence electrons. The number of esters is 1. The Hall–Kier alpha value is -2.20. The van der Waals surface area contributed by atoms with Crippen molar-refractivity contribution in [2.75, 3.05) is 0 Å². The third-order valence-corrected chi connectivity index (χ3v) is 3.11. The molecule has 1 aliphatic rings. The summed E-state index contributed by atoms with van der Waals surface area (Å²) in [5, 5.41) is 0.455. The summed E-state index contributed by atoms with van der Waals surface area (Å²) in [5.74, 6) is -0.850. The van der Waals surface area contributed by atoms with E-state index in [1.54, 1.807) is 36.4 Å². The Kier molecular flexibility index (Phi) is 2.80. The molecule has 0 saturated carbocycles. The first kappa shape index (κ1) is 11.9. The molecule has 0 N–H and O–H groups in total. The molecule has 1 aromatic heterocycles. The maximum absolute atomic E-state index is 12.3. The van der Waals surface area contributed by atoms with E-state index in [0.717, 1.165) is 0 Å². The van der Waals surface area contributed by atoms with Crippen molar-refractivity contribution in [1.29, 1.82) is 0 Å². The molecular weight excluding hydrogens is 266 g/mol. The van der Waals surface area contributed by atoms with E-state index in [2.05, 4.69) is 4.98 Å². The van der Waals surface area contributed by atoms with Crippen LogP contribution < -0.4 is 0 Å². The number of carbonyl (C=O) groups excluding carboxylic acids is 2. The fraction of sp³-hybridized carbons (Fsp3) is 0.0714. The van der Waals surface area contributed by atoms with Gasteiger partial charge in [0.15, 0.2) is 0 Å². The van der Waals surface area contributed by atoms with E-state index in [0.29, 0.717) is 21.8 Å². The van der Waals surface area contributed by atoms with Crippen LogP contribution in [0.25, 0.3) is 0 Å². The summed E-state index contributed by atoms with van der Waals surface area (Å²) >= 11 is 5.85. The van der Waals surface area contributed by atoms with Crippen molar-refractivity contribution in [3.63, 3.8) is 0 Å². The van der Waals surface area contributed by atoms with E-state index in [9.17, 15) is 9.59 Å². The zero-order valence-electron chi connectivity index (χ0n) is 9.67. The van der Waals surface area contributed by atoms with Gasteiger partial charge in [0.05, 0.1) is 5.56 Å². The number of ketones is 1. The second kappa shape index (κ2) is 4.48. The minimum atomic E-state index is -0.984. The normalized spacial score (nSPS) is 16.9. The third-order valence-electron chi connectivity index (χ3n) is 2.88. The predicted molar refractivity (Wildman–Crippen MR) is 68.2 cm³/mol. The largest absolute Gasteiger partial charge is 0.444 e. The molecule has 1 aromatic carbocycles. The molecule has 2 heterocycles. The number of benzene rings is 1. The molecule has 1 aliphatic heterocycles. The van der Waals surface area contributed by atoms with E-state index in [1.165, 1.54) is 6.20 Å². The van der Waals surface area contributed by atoms with Gasteiger partial charge in [-0.1, -0.05) is 23.7 Å². The predicted octanol–water partition coefficient (Wildman–Crippen LogP) is 2.83. The topological polar surface area (TPSA) is 56.3 Å². The van der Waals surface area contributed by atoms with Gasteiger partial charge in [0, 0.05) is 16.8 Å². The first-order valence-corrected chi connectivity index (χ1v) is 6.00. The van der Waals surface area contributed by atoms with Crippen molar-refractivity contribution < 1.29 is 14.3 Å². The highest BCUT2D eigenvalue weighted by molar-refractivity contribution is 6.31. The lowest BCUT2D eigenvalue weighted by molar-refractivity contribution is 0.0350. The molecule has 0 aliphatic carbocycles. The molecule has 0 bridgehead atoms. The van der Waals surface area contributed by atoms with Crippen molar-refractivity contribution in [3.8, 4) is 0 Å². The first-order chi connectivity index (χ1) is 9.16. The summed E-state index contributed by atoms with van der Waals surface area (Å²) in [7, 11) is 0. The summed E-state index contributed by atoms with van der Waals surface area (Å²) in [5.41, 5.74) is 1.09. The molecule has 0 fully saturated rings. The van der Waals surface area contributed by atoms with Gasteiger partial charge >= 0.3 is 5.97 Å². The minimum Gasteiger partial charge on any atom is -0.444 e. The molecule has 1 unspecified atom stereocenters. The number of nitrogens with zero attached hydrogens (tertiary/aromatic N) is 1. The maximum atomic E-state index is 12.3. The second-order valence-corrected chi connectivity index (χ2v) is 4.53. The molecule has 0 spiro atoms. The Morgan fingerprint density at radius 2 is 2.11 bits per heavy atom. The lowest BCUT2D eigenvalue weighted by atomic mass is 10.0. The number of Topliss-reactive ketones (excluding diaryl/α,β-unsaturated/α-hetero) is 1. The fourth-order valence-corrected chi connectivity index (χ4v) is 2.19. The Morgan fingerprint density at radius 3 is 2.89 bits per heavy atom. The number of aromatic nitrogens is 1. The van der Waals surface area contributed by atoms with Gasteiger partial charge in [-0.05, 0) is 24.3 Å². The van der Waals surface area contributed by atoms with Gasteiger partial charge in [0.2, 0.25) is 11.9 Å². The number of hydrogen-bond donors (Lipinski definition) is 0. The number of carbonyl (C=O) groups is 2. The van der Waals surface area contributed by atoms with Crippen LogP contribution in [0.5, 0.6) is 0 Å². The van der Waals surface area contributed by atoms with Crippen LogP contribution in [0.15, 0.2) is 42.6 Å². The van der Waals surface area contributed by atoms with Gasteiger partial charge in [-0.3, -0.25) is 9.78 Å². The zero-order valence-corrected chi connectivity index (χ0v) is 10.4. The molecule has 0 amide bonds. The van der Waals surface area contributed by atoms with Crippen molar-refractivity contribution in [2.45, 2.75) is 6.10 Å². The molecule has 1 atom stereocenters. The van der Waals surface area contributed by atoms with Crippen molar-refractivity contribution in [3.05, 3.63) is 64.4 Å². The summed E-state index contributed by atoms with van der Waals surface area (Å²) in [6, 6.07) is 9.74. The second-order valence-electron chi connectivity index (χ2n) is 4.10. The lowest BCUT2D eigenvalue weighted by Gasteiger charge is -2.08. The lowest BCUT2D eigenvalue weighted by Crippen LogP contribution is -2.13. The van der Waals surface area contributed by atoms with Gasteiger partial charge in [-0.25, -0.2) is 4.79 Å². The number of pyridine rings is 1. The highest BCUT2D eigenvalue weighted by Gasteiger charge is 2.37. The van der Waals surface area contributed by atoms with Crippen molar-refractivity contribution >= 4 is 23.4 Å². The molecule has 5 heteroatoms. The van der Waals surface area contributed by atoms with E-state index < -0.39 is 12.1 Å². The molecule has 19 heavy (non-hydrogen) atoms. The molecule has 2 aromatic rings. The quantitative estimate of drug-likeness (QED) is 0.624. The van der Waals surface area contributed by atoms with Crippen LogP contribution in [0.3, 0.4) is 0 Å². The van der Waals surface area contributed by atoms with E-state index in [4.69, 9.17) is 16.3 Å². The summed E-state index contributed by atoms with van der Waals surface area (Å²) < 4.78 is 5.09. The standard InChI is InChI=1S/C14H8ClNO3/c15-9-4-1-3-8(7-9)12(17)13-11-10(14(18)19-13)5-2-6-16-11/h1-7,13H. The van der Waals surface area contributed by atoms with Crippen LogP contribution in [-0.2, 0) is 4.74 Å². The van der Waals surface area contributed by atoms with Crippen LogP contribution in [0.4, 0.5) is 0 Å². The van der Waals surface area contributed by atoms with Crippen molar-refractivity contribution in [2.24, 2.45) is 0 Å². The fourth-order valence-electron chi connectivity index (χ4n) is 2.00. The number of fused-ring (bicyclic) bond motifs is 1. The number of ether oxygens (including phenoxy) is 1.